The van der Waals surface area contributed by atoms with Crippen molar-refractivity contribution < 1.29 is 4.39 Å². The van der Waals surface area contributed by atoms with Crippen LogP contribution < -0.4 is 5.73 Å². The van der Waals surface area contributed by atoms with E-state index >= 15 is 0 Å². The quantitative estimate of drug-likeness (QED) is 0.856. The molecule has 1 heterocycles. The van der Waals surface area contributed by atoms with E-state index in [4.69, 9.17) is 5.73 Å². The average Bonchev–Trinajstić information content (AvgIpc) is 2.97. The molecule has 20 heavy (non-hydrogen) atoms. The second-order valence-corrected chi connectivity index (χ2v) is 6.08. The van der Waals surface area contributed by atoms with Crippen LogP contribution in [0.15, 0.2) is 18.2 Å². The smallest absolute Gasteiger partial charge is 0.185 e. The van der Waals surface area contributed by atoms with E-state index in [0.29, 0.717) is 17.1 Å². The summed E-state index contributed by atoms with van der Waals surface area (Å²) in [5.41, 5.74) is 6.72. The predicted molar refractivity (Wildman–Crippen MR) is 74.3 cm³/mol. The SMILES string of the molecule is CC1(C)CCCC1n1nnnc1-c1cc(N)ccc1F. The zero-order chi connectivity index (χ0) is 14.3. The molecule has 1 fully saturated rings. The molecule has 2 aromatic rings. The van der Waals surface area contributed by atoms with E-state index in [2.05, 4.69) is 29.4 Å². The fraction of sp³-hybridized carbons (Fsp3) is 0.500. The molecule has 5 nitrogen and oxygen atoms in total. The number of rotatable bonds is 2. The van der Waals surface area contributed by atoms with Crippen molar-refractivity contribution in [3.63, 3.8) is 0 Å². The van der Waals surface area contributed by atoms with Crippen LogP contribution in [0.5, 0.6) is 0 Å². The molecule has 0 saturated heterocycles. The lowest BCUT2D eigenvalue weighted by molar-refractivity contribution is 0.242. The lowest BCUT2D eigenvalue weighted by Crippen LogP contribution is -2.23. The van der Waals surface area contributed by atoms with E-state index in [1.807, 2.05) is 0 Å². The number of anilines is 1. The topological polar surface area (TPSA) is 69.6 Å². The van der Waals surface area contributed by atoms with Gasteiger partial charge < -0.3 is 5.73 Å². The van der Waals surface area contributed by atoms with Gasteiger partial charge in [-0.3, -0.25) is 0 Å². The minimum absolute atomic E-state index is 0.112. The van der Waals surface area contributed by atoms with E-state index in [9.17, 15) is 4.39 Å². The Labute approximate surface area is 117 Å². The number of aromatic nitrogens is 4. The summed E-state index contributed by atoms with van der Waals surface area (Å²) in [5, 5.41) is 11.8. The van der Waals surface area contributed by atoms with Gasteiger partial charge in [-0.05, 0) is 46.9 Å². The minimum Gasteiger partial charge on any atom is -0.399 e. The first kappa shape index (κ1) is 13.0. The number of hydrogen-bond donors (Lipinski definition) is 1. The van der Waals surface area contributed by atoms with Crippen molar-refractivity contribution in [1.82, 2.24) is 20.2 Å². The summed E-state index contributed by atoms with van der Waals surface area (Å²) < 4.78 is 15.8. The molecule has 0 spiro atoms. The van der Waals surface area contributed by atoms with Crippen molar-refractivity contribution in [3.05, 3.63) is 24.0 Å². The third kappa shape index (κ3) is 2.05. The van der Waals surface area contributed by atoms with E-state index in [0.717, 1.165) is 19.3 Å². The lowest BCUT2D eigenvalue weighted by Gasteiger charge is -2.27. The van der Waals surface area contributed by atoms with Crippen molar-refractivity contribution in [1.29, 1.82) is 0 Å². The van der Waals surface area contributed by atoms with Gasteiger partial charge in [0.25, 0.3) is 0 Å². The van der Waals surface area contributed by atoms with Crippen LogP contribution in [0.2, 0.25) is 0 Å². The highest BCUT2D eigenvalue weighted by atomic mass is 19.1. The Morgan fingerprint density at radius 3 is 2.90 bits per heavy atom. The van der Waals surface area contributed by atoms with Crippen molar-refractivity contribution in [2.24, 2.45) is 5.41 Å². The molecule has 1 atom stereocenters. The molecule has 1 unspecified atom stereocenters. The van der Waals surface area contributed by atoms with Gasteiger partial charge in [0.2, 0.25) is 0 Å². The normalized spacial score (nSPS) is 21.2. The van der Waals surface area contributed by atoms with Gasteiger partial charge in [-0.15, -0.1) is 5.10 Å². The van der Waals surface area contributed by atoms with Crippen LogP contribution in [0.4, 0.5) is 10.1 Å². The van der Waals surface area contributed by atoms with Gasteiger partial charge in [-0.2, -0.15) is 0 Å². The number of hydrogen-bond acceptors (Lipinski definition) is 4. The molecule has 0 aliphatic heterocycles. The summed E-state index contributed by atoms with van der Waals surface area (Å²) in [7, 11) is 0. The highest BCUT2D eigenvalue weighted by Crippen LogP contribution is 2.46. The number of tetrazole rings is 1. The van der Waals surface area contributed by atoms with E-state index in [-0.39, 0.29) is 17.3 Å². The highest BCUT2D eigenvalue weighted by molar-refractivity contribution is 5.61. The van der Waals surface area contributed by atoms with E-state index < -0.39 is 0 Å². The molecule has 1 aromatic carbocycles. The van der Waals surface area contributed by atoms with Crippen LogP contribution >= 0.6 is 0 Å². The summed E-state index contributed by atoms with van der Waals surface area (Å²) in [4.78, 5) is 0. The second-order valence-electron chi connectivity index (χ2n) is 6.08. The summed E-state index contributed by atoms with van der Waals surface area (Å²) in [5.74, 6) is 0.0980. The number of nitrogens with zero attached hydrogens (tertiary/aromatic N) is 4. The Bertz CT molecular complexity index is 634. The first-order valence-electron chi connectivity index (χ1n) is 6.82. The van der Waals surface area contributed by atoms with Crippen LogP contribution in [0.1, 0.15) is 39.2 Å². The zero-order valence-corrected chi connectivity index (χ0v) is 11.7. The zero-order valence-electron chi connectivity index (χ0n) is 11.7. The molecule has 0 radical (unpaired) electrons. The largest absolute Gasteiger partial charge is 0.399 e. The number of halogens is 1. The Morgan fingerprint density at radius 1 is 1.40 bits per heavy atom. The Balaban J connectivity index is 2.09. The number of nitrogens with two attached hydrogens (primary N) is 1. The van der Waals surface area contributed by atoms with Crippen molar-refractivity contribution in [2.75, 3.05) is 5.73 Å². The van der Waals surface area contributed by atoms with Crippen molar-refractivity contribution in [2.45, 2.75) is 39.2 Å². The number of benzene rings is 1. The summed E-state index contributed by atoms with van der Waals surface area (Å²) >= 11 is 0. The van der Waals surface area contributed by atoms with Gasteiger partial charge in [0.15, 0.2) is 5.82 Å². The molecule has 1 aliphatic carbocycles. The first-order valence-corrected chi connectivity index (χ1v) is 6.82. The van der Waals surface area contributed by atoms with Gasteiger partial charge in [-0.25, -0.2) is 9.07 Å². The minimum atomic E-state index is -0.356. The Hall–Kier alpha value is -1.98. The molecule has 0 amide bonds. The third-order valence-electron chi connectivity index (χ3n) is 4.22. The van der Waals surface area contributed by atoms with Crippen molar-refractivity contribution in [3.8, 4) is 11.4 Å². The predicted octanol–water partition coefficient (Wildman–Crippen LogP) is 2.81. The molecular formula is C14H18FN5. The van der Waals surface area contributed by atoms with Crippen LogP contribution in [0.25, 0.3) is 11.4 Å². The van der Waals surface area contributed by atoms with Crippen LogP contribution in [0.3, 0.4) is 0 Å². The molecule has 1 saturated carbocycles. The van der Waals surface area contributed by atoms with Crippen LogP contribution in [-0.4, -0.2) is 20.2 Å². The molecule has 3 rings (SSSR count). The van der Waals surface area contributed by atoms with Gasteiger partial charge in [0.05, 0.1) is 11.6 Å². The molecule has 6 heteroatoms. The average molecular weight is 275 g/mol. The van der Waals surface area contributed by atoms with Gasteiger partial charge in [-0.1, -0.05) is 20.3 Å². The monoisotopic (exact) mass is 275 g/mol. The molecule has 106 valence electrons. The summed E-state index contributed by atoms with van der Waals surface area (Å²) in [6, 6.07) is 4.66. The number of nitrogen functional groups attached to an aromatic ring is 1. The molecule has 0 bridgehead atoms. The third-order valence-corrected chi connectivity index (χ3v) is 4.22. The van der Waals surface area contributed by atoms with Crippen LogP contribution in [0, 0.1) is 11.2 Å². The Morgan fingerprint density at radius 2 is 2.20 bits per heavy atom. The standard InChI is InChI=1S/C14H18FN5/c1-14(2)7-3-4-12(14)20-13(17-18-19-20)10-8-9(16)5-6-11(10)15/h5-6,8,12H,3-4,7,16H2,1-2H3. The fourth-order valence-corrected chi connectivity index (χ4v) is 3.06. The van der Waals surface area contributed by atoms with E-state index in [1.54, 1.807) is 10.7 Å². The lowest BCUT2D eigenvalue weighted by atomic mass is 9.87. The van der Waals surface area contributed by atoms with E-state index in [1.165, 1.54) is 12.1 Å². The molecule has 1 aromatic heterocycles. The maximum Gasteiger partial charge on any atom is 0.185 e. The molecule has 2 N–H and O–H groups in total. The van der Waals surface area contributed by atoms with Crippen LogP contribution in [-0.2, 0) is 0 Å². The maximum atomic E-state index is 14.0. The first-order chi connectivity index (χ1) is 9.49. The fourth-order valence-electron chi connectivity index (χ4n) is 3.06. The van der Waals surface area contributed by atoms with Crippen molar-refractivity contribution >= 4 is 5.69 Å². The highest BCUT2D eigenvalue weighted by Gasteiger charge is 2.38. The van der Waals surface area contributed by atoms with Gasteiger partial charge >= 0.3 is 0 Å². The molecular weight excluding hydrogens is 257 g/mol. The Kier molecular flexibility index (Phi) is 2.96. The summed E-state index contributed by atoms with van der Waals surface area (Å²) in [6.45, 7) is 4.40. The van der Waals surface area contributed by atoms with Gasteiger partial charge in [0, 0.05) is 5.69 Å². The van der Waals surface area contributed by atoms with Gasteiger partial charge in [0.1, 0.15) is 5.82 Å². The molecule has 1 aliphatic rings. The summed E-state index contributed by atoms with van der Waals surface area (Å²) in [6.07, 6.45) is 3.27. The second kappa shape index (κ2) is 4.54. The maximum absolute atomic E-state index is 14.0.